The third-order valence-corrected chi connectivity index (χ3v) is 5.72. The molecule has 3 aromatic carbocycles. The highest BCUT2D eigenvalue weighted by Crippen LogP contribution is 2.23. The summed E-state index contributed by atoms with van der Waals surface area (Å²) in [6.45, 7) is 2.27. The van der Waals surface area contributed by atoms with Gasteiger partial charge in [0.2, 0.25) is 0 Å². The zero-order chi connectivity index (χ0) is 21.7. The first kappa shape index (κ1) is 23.1. The monoisotopic (exact) mass is 418 g/mol. The first-order valence-corrected chi connectivity index (χ1v) is 11.8. The number of hydrogen-bond donors (Lipinski definition) is 0. The van der Waals surface area contributed by atoms with Crippen molar-refractivity contribution in [1.29, 1.82) is 0 Å². The summed E-state index contributed by atoms with van der Waals surface area (Å²) in [5, 5.41) is 0. The molecule has 0 saturated heterocycles. The molecule has 0 aromatic heterocycles. The summed E-state index contributed by atoms with van der Waals surface area (Å²) in [4.78, 5) is 0. The molecule has 1 nitrogen and oxygen atoms in total. The van der Waals surface area contributed by atoms with E-state index >= 15 is 0 Å². The van der Waals surface area contributed by atoms with E-state index in [9.17, 15) is 4.39 Å². The van der Waals surface area contributed by atoms with E-state index in [0.29, 0.717) is 5.75 Å². The van der Waals surface area contributed by atoms with Crippen LogP contribution >= 0.6 is 0 Å². The topological polar surface area (TPSA) is 9.23 Å². The molecule has 0 N–H and O–H groups in total. The maximum absolute atomic E-state index is 13.0. The largest absolute Gasteiger partial charge is 0.457 e. The molecule has 0 fully saturated rings. The summed E-state index contributed by atoms with van der Waals surface area (Å²) >= 11 is 0. The molecule has 0 aliphatic carbocycles. The van der Waals surface area contributed by atoms with Gasteiger partial charge < -0.3 is 4.74 Å². The smallest absolute Gasteiger partial charge is 0.127 e. The number of unbranched alkanes of at least 4 members (excludes halogenated alkanes) is 5. The second-order valence-electron chi connectivity index (χ2n) is 8.39. The van der Waals surface area contributed by atoms with E-state index in [1.54, 1.807) is 12.1 Å². The van der Waals surface area contributed by atoms with Gasteiger partial charge in [-0.2, -0.15) is 0 Å². The fraction of sp³-hybridized carbons (Fsp3) is 0.379. The Morgan fingerprint density at radius 1 is 0.581 bits per heavy atom. The Hall–Kier alpha value is -2.61. The van der Waals surface area contributed by atoms with Crippen LogP contribution in [-0.2, 0) is 19.3 Å². The Morgan fingerprint density at radius 2 is 1.19 bits per heavy atom. The van der Waals surface area contributed by atoms with Crippen LogP contribution in [0.15, 0.2) is 72.8 Å². The van der Waals surface area contributed by atoms with Crippen LogP contribution in [0.5, 0.6) is 11.5 Å². The van der Waals surface area contributed by atoms with Crippen LogP contribution in [0.2, 0.25) is 0 Å². The molecule has 2 heteroatoms. The summed E-state index contributed by atoms with van der Waals surface area (Å²) in [5.41, 5.74) is 4.13. The van der Waals surface area contributed by atoms with E-state index in [-0.39, 0.29) is 5.82 Å². The fourth-order valence-corrected chi connectivity index (χ4v) is 3.88. The minimum atomic E-state index is -0.253. The lowest BCUT2D eigenvalue weighted by Gasteiger charge is -2.08. The van der Waals surface area contributed by atoms with E-state index in [0.717, 1.165) is 25.0 Å². The van der Waals surface area contributed by atoms with Crippen LogP contribution in [0.3, 0.4) is 0 Å². The van der Waals surface area contributed by atoms with Crippen molar-refractivity contribution in [3.8, 4) is 11.5 Å². The van der Waals surface area contributed by atoms with Crippen molar-refractivity contribution in [3.05, 3.63) is 95.3 Å². The van der Waals surface area contributed by atoms with Gasteiger partial charge in [-0.1, -0.05) is 75.4 Å². The molecule has 3 aromatic rings. The number of hydrogen-bond acceptors (Lipinski definition) is 1. The molecular formula is C29H35FO. The van der Waals surface area contributed by atoms with Crippen LogP contribution in [0.25, 0.3) is 0 Å². The second-order valence-corrected chi connectivity index (χ2v) is 8.39. The van der Waals surface area contributed by atoms with Gasteiger partial charge in [0, 0.05) is 0 Å². The first-order chi connectivity index (χ1) is 15.2. The molecule has 0 spiro atoms. The molecule has 0 aliphatic rings. The zero-order valence-electron chi connectivity index (χ0n) is 18.8. The molecule has 3 rings (SSSR count). The lowest BCUT2D eigenvalue weighted by atomic mass is 10.0. The SMILES string of the molecule is CCCCCCCCc1ccc(CCCc2cccc(Oc3ccc(F)cc3)c2)cc1. The number of benzene rings is 3. The second kappa shape index (κ2) is 12.9. The quantitative estimate of drug-likeness (QED) is 0.252. The molecule has 0 atom stereocenters. The maximum Gasteiger partial charge on any atom is 0.127 e. The van der Waals surface area contributed by atoms with Crippen molar-refractivity contribution >= 4 is 0 Å². The van der Waals surface area contributed by atoms with Gasteiger partial charge in [-0.3, -0.25) is 0 Å². The third kappa shape index (κ3) is 8.57. The Labute approximate surface area is 187 Å². The highest BCUT2D eigenvalue weighted by atomic mass is 19.1. The fourth-order valence-electron chi connectivity index (χ4n) is 3.88. The van der Waals surface area contributed by atoms with Crippen molar-refractivity contribution in [3.63, 3.8) is 0 Å². The lowest BCUT2D eigenvalue weighted by Crippen LogP contribution is -1.93. The van der Waals surface area contributed by atoms with Gasteiger partial charge in [0.25, 0.3) is 0 Å². The maximum atomic E-state index is 13.0. The average molecular weight is 419 g/mol. The Morgan fingerprint density at radius 3 is 1.90 bits per heavy atom. The molecule has 164 valence electrons. The summed E-state index contributed by atoms with van der Waals surface area (Å²) in [7, 11) is 0. The molecule has 0 radical (unpaired) electrons. The van der Waals surface area contributed by atoms with Crippen molar-refractivity contribution in [2.24, 2.45) is 0 Å². The van der Waals surface area contributed by atoms with Gasteiger partial charge in [-0.15, -0.1) is 0 Å². The van der Waals surface area contributed by atoms with Crippen LogP contribution < -0.4 is 4.74 Å². The van der Waals surface area contributed by atoms with E-state index < -0.39 is 0 Å². The highest BCUT2D eigenvalue weighted by molar-refractivity contribution is 5.34. The molecular weight excluding hydrogens is 383 g/mol. The van der Waals surface area contributed by atoms with Gasteiger partial charge in [-0.05, 0) is 85.2 Å². The number of ether oxygens (including phenoxy) is 1. The number of aryl methyl sites for hydroxylation is 3. The van der Waals surface area contributed by atoms with Crippen molar-refractivity contribution in [1.82, 2.24) is 0 Å². The summed E-state index contributed by atoms with van der Waals surface area (Å²) in [6.07, 6.45) is 12.5. The van der Waals surface area contributed by atoms with Gasteiger partial charge in [-0.25, -0.2) is 4.39 Å². The standard InChI is InChI=1S/C29H35FO/c1-2-3-4-5-6-7-10-24-15-17-25(18-16-24)11-8-12-26-13-9-14-29(23-26)31-28-21-19-27(30)20-22-28/h9,13-23H,2-8,10-12H2,1H3. The van der Waals surface area contributed by atoms with Gasteiger partial charge in [0.05, 0.1) is 0 Å². The highest BCUT2D eigenvalue weighted by Gasteiger charge is 2.02. The Balaban J connectivity index is 1.39. The molecule has 0 unspecified atom stereocenters. The molecule has 0 bridgehead atoms. The third-order valence-electron chi connectivity index (χ3n) is 5.72. The van der Waals surface area contributed by atoms with Crippen LogP contribution in [0, 0.1) is 5.82 Å². The predicted molar refractivity (Wildman–Crippen MR) is 128 cm³/mol. The van der Waals surface area contributed by atoms with Crippen LogP contribution in [0.4, 0.5) is 4.39 Å². The zero-order valence-corrected chi connectivity index (χ0v) is 18.8. The minimum Gasteiger partial charge on any atom is -0.457 e. The lowest BCUT2D eigenvalue weighted by molar-refractivity contribution is 0.480. The molecule has 0 heterocycles. The van der Waals surface area contributed by atoms with Gasteiger partial charge >= 0.3 is 0 Å². The van der Waals surface area contributed by atoms with Crippen molar-refractivity contribution < 1.29 is 9.13 Å². The Bertz CT molecular complexity index is 883. The normalized spacial score (nSPS) is 10.9. The molecule has 31 heavy (non-hydrogen) atoms. The molecule has 0 aliphatic heterocycles. The average Bonchev–Trinajstić information content (AvgIpc) is 2.79. The Kier molecular flexibility index (Phi) is 9.63. The van der Waals surface area contributed by atoms with Gasteiger partial charge in [0.15, 0.2) is 0 Å². The molecule has 0 amide bonds. The predicted octanol–water partition coefficient (Wildman–Crippen LogP) is 8.70. The summed E-state index contributed by atoms with van der Waals surface area (Å²) < 4.78 is 18.9. The van der Waals surface area contributed by atoms with Crippen LogP contribution in [-0.4, -0.2) is 0 Å². The molecule has 0 saturated carbocycles. The van der Waals surface area contributed by atoms with E-state index in [1.165, 1.54) is 73.8 Å². The van der Waals surface area contributed by atoms with Crippen LogP contribution in [0.1, 0.15) is 68.6 Å². The minimum absolute atomic E-state index is 0.253. The van der Waals surface area contributed by atoms with Crippen molar-refractivity contribution in [2.45, 2.75) is 71.1 Å². The van der Waals surface area contributed by atoms with E-state index in [2.05, 4.69) is 43.3 Å². The van der Waals surface area contributed by atoms with E-state index in [1.807, 2.05) is 12.1 Å². The van der Waals surface area contributed by atoms with E-state index in [4.69, 9.17) is 4.74 Å². The number of rotatable bonds is 13. The van der Waals surface area contributed by atoms with Gasteiger partial charge in [0.1, 0.15) is 17.3 Å². The summed E-state index contributed by atoms with van der Waals surface area (Å²) in [5.74, 6) is 1.19. The summed E-state index contributed by atoms with van der Waals surface area (Å²) in [6, 6.07) is 23.5. The number of halogens is 1. The first-order valence-electron chi connectivity index (χ1n) is 11.8. The van der Waals surface area contributed by atoms with Crippen molar-refractivity contribution in [2.75, 3.05) is 0 Å².